The second-order valence-electron chi connectivity index (χ2n) is 5.23. The van der Waals surface area contributed by atoms with Crippen LogP contribution in [0.1, 0.15) is 11.1 Å². The van der Waals surface area contributed by atoms with E-state index < -0.39 is 5.91 Å². The molecule has 0 aliphatic rings. The van der Waals surface area contributed by atoms with Crippen LogP contribution in [0.25, 0.3) is 22.6 Å². The van der Waals surface area contributed by atoms with Gasteiger partial charge < -0.3 is 10.3 Å². The molecule has 0 atom stereocenters. The lowest BCUT2D eigenvalue weighted by Crippen LogP contribution is -2.17. The largest absolute Gasteiger partial charge is 0.368 e. The van der Waals surface area contributed by atoms with Crippen LogP contribution in [0.2, 0.25) is 0 Å². The van der Waals surface area contributed by atoms with Gasteiger partial charge in [-0.3, -0.25) is 4.79 Å². The Hall–Kier alpha value is -3.32. The number of amides is 1. The van der Waals surface area contributed by atoms with Gasteiger partial charge in [-0.15, -0.1) is 0 Å². The second-order valence-corrected chi connectivity index (χ2v) is 5.23. The summed E-state index contributed by atoms with van der Waals surface area (Å²) in [6.45, 7) is 0.113. The zero-order valence-corrected chi connectivity index (χ0v) is 12.4. The Morgan fingerprint density at radius 3 is 2.52 bits per heavy atom. The number of para-hydroxylation sites is 1. The Balaban J connectivity index is 2.15. The number of carbonyl (C=O) groups excluding carboxylic acids is 1. The average Bonchev–Trinajstić information content (AvgIpc) is 2.91. The maximum Gasteiger partial charge on any atom is 0.237 e. The van der Waals surface area contributed by atoms with E-state index in [-0.39, 0.29) is 6.54 Å². The molecule has 4 nitrogen and oxygen atoms in total. The Morgan fingerprint density at radius 1 is 1.13 bits per heavy atom. The number of nitriles is 1. The molecule has 0 spiro atoms. The lowest BCUT2D eigenvalue weighted by atomic mass is 10.0. The zero-order chi connectivity index (χ0) is 16.2. The van der Waals surface area contributed by atoms with Crippen molar-refractivity contribution in [3.8, 4) is 6.07 Å². The minimum atomic E-state index is -0.398. The van der Waals surface area contributed by atoms with E-state index in [2.05, 4.69) is 6.07 Å². The van der Waals surface area contributed by atoms with Gasteiger partial charge in [0.25, 0.3) is 0 Å². The molecule has 0 unspecified atom stereocenters. The summed E-state index contributed by atoms with van der Waals surface area (Å²) >= 11 is 0. The lowest BCUT2D eigenvalue weighted by Gasteiger charge is -2.00. The van der Waals surface area contributed by atoms with Gasteiger partial charge in [-0.1, -0.05) is 48.5 Å². The van der Waals surface area contributed by atoms with Crippen LogP contribution in [-0.2, 0) is 11.3 Å². The van der Waals surface area contributed by atoms with Crippen LogP contribution in [0.15, 0.2) is 60.8 Å². The molecule has 0 aliphatic heterocycles. The van der Waals surface area contributed by atoms with Gasteiger partial charge in [-0.25, -0.2) is 0 Å². The van der Waals surface area contributed by atoms with Crippen LogP contribution >= 0.6 is 0 Å². The molecule has 0 saturated heterocycles. The molecular weight excluding hydrogens is 286 g/mol. The van der Waals surface area contributed by atoms with E-state index in [0.717, 1.165) is 22.0 Å². The first-order valence-corrected chi connectivity index (χ1v) is 7.22. The van der Waals surface area contributed by atoms with Gasteiger partial charge in [0.1, 0.15) is 6.54 Å². The maximum absolute atomic E-state index is 11.3. The van der Waals surface area contributed by atoms with Crippen LogP contribution in [0, 0.1) is 11.3 Å². The quantitative estimate of drug-likeness (QED) is 0.752. The van der Waals surface area contributed by atoms with Crippen molar-refractivity contribution in [1.82, 2.24) is 4.57 Å². The van der Waals surface area contributed by atoms with Crippen molar-refractivity contribution in [2.45, 2.75) is 6.54 Å². The summed E-state index contributed by atoms with van der Waals surface area (Å²) in [6, 6.07) is 19.5. The maximum atomic E-state index is 11.3. The summed E-state index contributed by atoms with van der Waals surface area (Å²) in [5, 5.41) is 10.4. The van der Waals surface area contributed by atoms with Gasteiger partial charge in [0.05, 0.1) is 11.6 Å². The molecule has 2 aromatic carbocycles. The summed E-state index contributed by atoms with van der Waals surface area (Å²) < 4.78 is 1.81. The molecular formula is C19H15N3O. The van der Waals surface area contributed by atoms with Crippen LogP contribution in [0.4, 0.5) is 0 Å². The number of primary amides is 1. The molecule has 3 aromatic rings. The van der Waals surface area contributed by atoms with Crippen molar-refractivity contribution in [3.63, 3.8) is 0 Å². The standard InChI is InChI=1S/C19H15N3O/c20-11-15(14-6-2-1-3-7-14)10-16-12-22(13-19(21)23)18-9-5-4-8-17(16)18/h1-10,12H,13H2,(H2,21,23)/b15-10+. The van der Waals surface area contributed by atoms with E-state index in [1.807, 2.05) is 71.4 Å². The number of carbonyl (C=O) groups is 1. The number of benzene rings is 2. The van der Waals surface area contributed by atoms with E-state index in [0.29, 0.717) is 5.57 Å². The highest BCUT2D eigenvalue weighted by molar-refractivity contribution is 5.98. The fourth-order valence-electron chi connectivity index (χ4n) is 2.64. The number of hydrogen-bond donors (Lipinski definition) is 1. The summed E-state index contributed by atoms with van der Waals surface area (Å²) in [5.41, 5.74) is 8.57. The van der Waals surface area contributed by atoms with Gasteiger partial charge in [0, 0.05) is 22.7 Å². The van der Waals surface area contributed by atoms with Crippen molar-refractivity contribution in [1.29, 1.82) is 5.26 Å². The molecule has 1 amide bonds. The predicted octanol–water partition coefficient (Wildman–Crippen LogP) is 3.19. The van der Waals surface area contributed by atoms with Crippen molar-refractivity contribution >= 4 is 28.5 Å². The Kier molecular flexibility index (Phi) is 3.94. The zero-order valence-electron chi connectivity index (χ0n) is 12.4. The topological polar surface area (TPSA) is 71.8 Å². The number of nitrogens with two attached hydrogens (primary N) is 1. The molecule has 1 heterocycles. The fraction of sp³-hybridized carbons (Fsp3) is 0.0526. The molecule has 0 radical (unpaired) electrons. The number of hydrogen-bond acceptors (Lipinski definition) is 2. The van der Waals surface area contributed by atoms with Crippen molar-refractivity contribution in [2.75, 3.05) is 0 Å². The molecule has 3 rings (SSSR count). The number of aromatic nitrogens is 1. The third kappa shape index (κ3) is 2.99. The van der Waals surface area contributed by atoms with Gasteiger partial charge in [-0.2, -0.15) is 5.26 Å². The average molecular weight is 301 g/mol. The third-order valence-electron chi connectivity index (χ3n) is 3.65. The summed E-state index contributed by atoms with van der Waals surface area (Å²) in [6.07, 6.45) is 3.70. The van der Waals surface area contributed by atoms with Crippen molar-refractivity contribution in [3.05, 3.63) is 71.9 Å². The Labute approximate surface area is 134 Å². The molecule has 1 aromatic heterocycles. The molecule has 0 aliphatic carbocycles. The van der Waals surface area contributed by atoms with Crippen molar-refractivity contribution < 1.29 is 4.79 Å². The van der Waals surface area contributed by atoms with E-state index in [9.17, 15) is 10.1 Å². The monoisotopic (exact) mass is 301 g/mol. The minimum absolute atomic E-state index is 0.113. The van der Waals surface area contributed by atoms with E-state index in [4.69, 9.17) is 5.73 Å². The van der Waals surface area contributed by atoms with E-state index >= 15 is 0 Å². The molecule has 0 fully saturated rings. The highest BCUT2D eigenvalue weighted by Crippen LogP contribution is 2.26. The number of nitrogens with zero attached hydrogens (tertiary/aromatic N) is 2. The lowest BCUT2D eigenvalue weighted by molar-refractivity contribution is -0.118. The molecule has 0 saturated carbocycles. The summed E-state index contributed by atoms with van der Waals surface area (Å²) in [7, 11) is 0. The number of rotatable bonds is 4. The minimum Gasteiger partial charge on any atom is -0.368 e. The first-order valence-electron chi connectivity index (χ1n) is 7.22. The van der Waals surface area contributed by atoms with E-state index in [1.165, 1.54) is 0 Å². The van der Waals surface area contributed by atoms with Gasteiger partial charge in [-0.05, 0) is 17.7 Å². The Morgan fingerprint density at radius 2 is 1.83 bits per heavy atom. The summed E-state index contributed by atoms with van der Waals surface area (Å²) in [4.78, 5) is 11.3. The first kappa shape index (κ1) is 14.6. The molecule has 112 valence electrons. The van der Waals surface area contributed by atoms with Crippen LogP contribution < -0.4 is 5.73 Å². The molecule has 23 heavy (non-hydrogen) atoms. The normalized spacial score (nSPS) is 11.3. The fourth-order valence-corrected chi connectivity index (χ4v) is 2.64. The van der Waals surface area contributed by atoms with Crippen LogP contribution in [-0.4, -0.2) is 10.5 Å². The molecule has 0 bridgehead atoms. The summed E-state index contributed by atoms with van der Waals surface area (Å²) in [5.74, 6) is -0.398. The molecule has 2 N–H and O–H groups in total. The Bertz CT molecular complexity index is 930. The van der Waals surface area contributed by atoms with Gasteiger partial charge in [0.2, 0.25) is 5.91 Å². The van der Waals surface area contributed by atoms with Crippen LogP contribution in [0.5, 0.6) is 0 Å². The highest BCUT2D eigenvalue weighted by Gasteiger charge is 2.09. The smallest absolute Gasteiger partial charge is 0.237 e. The molecule has 4 heteroatoms. The van der Waals surface area contributed by atoms with E-state index in [1.54, 1.807) is 0 Å². The SMILES string of the molecule is N#C/C(=C\c1cn(CC(N)=O)c2ccccc12)c1ccccc1. The number of fused-ring (bicyclic) bond motifs is 1. The van der Waals surface area contributed by atoms with Crippen LogP contribution in [0.3, 0.4) is 0 Å². The van der Waals surface area contributed by atoms with Gasteiger partial charge >= 0.3 is 0 Å². The predicted molar refractivity (Wildman–Crippen MR) is 91.1 cm³/mol. The first-order chi connectivity index (χ1) is 11.2. The highest BCUT2D eigenvalue weighted by atomic mass is 16.1. The number of allylic oxidation sites excluding steroid dienone is 1. The van der Waals surface area contributed by atoms with Gasteiger partial charge in [0.15, 0.2) is 0 Å². The van der Waals surface area contributed by atoms with Crippen molar-refractivity contribution in [2.24, 2.45) is 5.73 Å². The second kappa shape index (κ2) is 6.20. The third-order valence-corrected chi connectivity index (χ3v) is 3.65.